The third kappa shape index (κ3) is 8.52. The van der Waals surface area contributed by atoms with Crippen LogP contribution in [0.15, 0.2) is 12.5 Å². The van der Waals surface area contributed by atoms with Crippen LogP contribution in [0.1, 0.15) is 0 Å². The number of carbonyl (C=O) groups is 3. The van der Waals surface area contributed by atoms with Crippen LogP contribution in [0, 0.1) is 5.41 Å². The normalized spacial score (nSPS) is 28.3. The number of carbonyl (C=O) groups excluding carboxylic acids is 3. The van der Waals surface area contributed by atoms with Crippen molar-refractivity contribution in [3.63, 3.8) is 0 Å². The molecule has 4 aliphatic rings. The lowest BCUT2D eigenvalue weighted by atomic mass is 9.92. The molecule has 0 radical (unpaired) electrons. The molecule has 0 bridgehead atoms. The molecule has 208 valence electrons. The van der Waals surface area contributed by atoms with Gasteiger partial charge in [0.1, 0.15) is 26.4 Å². The predicted molar refractivity (Wildman–Crippen MR) is 114 cm³/mol. The van der Waals surface area contributed by atoms with Crippen LogP contribution in [-0.2, 0) is 56.8 Å². The third-order valence-corrected chi connectivity index (χ3v) is 5.53. The maximum absolute atomic E-state index is 11.2. The van der Waals surface area contributed by atoms with Crippen molar-refractivity contribution in [3.8, 4) is 0 Å². The van der Waals surface area contributed by atoms with Crippen LogP contribution in [0.3, 0.4) is 0 Å². The molecular formula is C22H30O15. The van der Waals surface area contributed by atoms with E-state index in [0.717, 1.165) is 0 Å². The largest absolute Gasteiger partial charge is 0.508 e. The van der Waals surface area contributed by atoms with Crippen LogP contribution in [0.5, 0.6) is 0 Å². The van der Waals surface area contributed by atoms with Crippen molar-refractivity contribution in [1.29, 1.82) is 0 Å². The average molecular weight is 534 g/mol. The quantitative estimate of drug-likeness (QED) is 0.199. The van der Waals surface area contributed by atoms with Crippen LogP contribution in [-0.4, -0.2) is 122 Å². The lowest BCUT2D eigenvalue weighted by Crippen LogP contribution is -2.44. The fourth-order valence-corrected chi connectivity index (χ4v) is 3.74. The Morgan fingerprint density at radius 3 is 1.16 bits per heavy atom. The first-order valence-corrected chi connectivity index (χ1v) is 11.7. The molecule has 0 aromatic rings. The molecule has 4 fully saturated rings. The second-order valence-corrected chi connectivity index (χ2v) is 8.89. The lowest BCUT2D eigenvalue weighted by molar-refractivity contribution is -0.127. The number of cyclic esters (lactones) is 6. The number of rotatable bonds is 16. The topological polar surface area (TPSA) is 162 Å². The molecule has 0 spiro atoms. The van der Waals surface area contributed by atoms with Gasteiger partial charge in [0, 0.05) is 0 Å². The van der Waals surface area contributed by atoms with Crippen molar-refractivity contribution in [1.82, 2.24) is 0 Å². The third-order valence-electron chi connectivity index (χ3n) is 5.53. The summed E-state index contributed by atoms with van der Waals surface area (Å²) in [6.07, 6.45) is -4.23. The Kier molecular flexibility index (Phi) is 9.49. The first-order valence-electron chi connectivity index (χ1n) is 11.7. The summed E-state index contributed by atoms with van der Waals surface area (Å²) >= 11 is 0. The summed E-state index contributed by atoms with van der Waals surface area (Å²) in [6, 6.07) is 0. The van der Waals surface area contributed by atoms with E-state index in [1.54, 1.807) is 0 Å². The smallest absolute Gasteiger partial charge is 0.462 e. The number of ether oxygens (including phenoxy) is 12. The van der Waals surface area contributed by atoms with Gasteiger partial charge in [0.25, 0.3) is 5.95 Å². The highest BCUT2D eigenvalue weighted by Gasteiger charge is 2.37. The zero-order chi connectivity index (χ0) is 26.1. The maximum atomic E-state index is 11.2. The highest BCUT2D eigenvalue weighted by molar-refractivity contribution is 5.62. The fourth-order valence-electron chi connectivity index (χ4n) is 3.74. The summed E-state index contributed by atoms with van der Waals surface area (Å²) in [4.78, 5) is 33.6. The second-order valence-electron chi connectivity index (χ2n) is 8.89. The minimum absolute atomic E-state index is 0.0784. The molecule has 4 rings (SSSR count). The van der Waals surface area contributed by atoms with Crippen molar-refractivity contribution in [2.45, 2.75) is 24.4 Å². The Morgan fingerprint density at radius 2 is 0.892 bits per heavy atom. The van der Waals surface area contributed by atoms with Gasteiger partial charge in [0.2, 0.25) is 0 Å². The molecule has 4 saturated heterocycles. The minimum atomic E-state index is -0.868. The van der Waals surface area contributed by atoms with E-state index in [-0.39, 0.29) is 84.7 Å². The van der Waals surface area contributed by atoms with Crippen LogP contribution >= 0.6 is 0 Å². The molecule has 15 nitrogen and oxygen atoms in total. The molecule has 0 saturated carbocycles. The second kappa shape index (κ2) is 13.0. The zero-order valence-corrected chi connectivity index (χ0v) is 20.1. The highest BCUT2D eigenvalue weighted by atomic mass is 16.8. The van der Waals surface area contributed by atoms with E-state index in [1.165, 1.54) is 0 Å². The van der Waals surface area contributed by atoms with Gasteiger partial charge in [0.05, 0.1) is 58.3 Å². The molecule has 0 amide bonds. The summed E-state index contributed by atoms with van der Waals surface area (Å²) in [7, 11) is 0. The summed E-state index contributed by atoms with van der Waals surface area (Å²) in [5, 5.41) is 0. The van der Waals surface area contributed by atoms with Gasteiger partial charge in [-0.25, -0.2) is 14.4 Å². The fraction of sp³-hybridized carbons (Fsp3) is 0.773. The van der Waals surface area contributed by atoms with E-state index < -0.39 is 42.2 Å². The molecular weight excluding hydrogens is 504 g/mol. The van der Waals surface area contributed by atoms with Gasteiger partial charge in [-0.05, 0) is 6.58 Å². The van der Waals surface area contributed by atoms with E-state index >= 15 is 0 Å². The number of hydrogen-bond acceptors (Lipinski definition) is 15. The van der Waals surface area contributed by atoms with Crippen molar-refractivity contribution in [2.75, 3.05) is 79.3 Å². The van der Waals surface area contributed by atoms with Crippen molar-refractivity contribution in [2.24, 2.45) is 5.41 Å². The molecule has 0 aliphatic carbocycles. The van der Waals surface area contributed by atoms with Crippen molar-refractivity contribution >= 4 is 18.5 Å². The Morgan fingerprint density at radius 1 is 0.568 bits per heavy atom. The van der Waals surface area contributed by atoms with Gasteiger partial charge in [0.15, 0.2) is 24.4 Å². The van der Waals surface area contributed by atoms with Crippen LogP contribution < -0.4 is 0 Å². The Balaban J connectivity index is 1.35. The molecule has 4 heterocycles. The monoisotopic (exact) mass is 534 g/mol. The molecule has 4 unspecified atom stereocenters. The zero-order valence-electron chi connectivity index (χ0n) is 20.1. The van der Waals surface area contributed by atoms with Gasteiger partial charge in [-0.15, -0.1) is 0 Å². The van der Waals surface area contributed by atoms with Gasteiger partial charge >= 0.3 is 18.5 Å². The van der Waals surface area contributed by atoms with Gasteiger partial charge in [-0.2, -0.15) is 0 Å². The number of hydrogen-bond donors (Lipinski definition) is 0. The van der Waals surface area contributed by atoms with Crippen LogP contribution in [0.25, 0.3) is 0 Å². The average Bonchev–Trinajstić information content (AvgIpc) is 3.65. The van der Waals surface area contributed by atoms with E-state index in [2.05, 4.69) is 6.58 Å². The standard InChI is InChI=1S/C22H30O15/c1-14-30-6-15(34-14)2-26-10-22(11-27-3-16-7-31-19(23)35-16,12-28-4-17-8-32-20(24)36-17)13-29-5-18-9-33-21(25)37-18/h15-18H,1-13H2. The van der Waals surface area contributed by atoms with Gasteiger partial charge < -0.3 is 56.8 Å². The Labute approximate surface area is 212 Å². The molecule has 37 heavy (non-hydrogen) atoms. The Hall–Kier alpha value is -3.01. The maximum Gasteiger partial charge on any atom is 0.508 e. The lowest BCUT2D eigenvalue weighted by Gasteiger charge is -2.33. The minimum Gasteiger partial charge on any atom is -0.462 e. The summed E-state index contributed by atoms with van der Waals surface area (Å²) < 4.78 is 63.5. The van der Waals surface area contributed by atoms with E-state index in [0.29, 0.717) is 6.61 Å². The van der Waals surface area contributed by atoms with Crippen molar-refractivity contribution in [3.05, 3.63) is 12.5 Å². The summed E-state index contributed by atoms with van der Waals surface area (Å²) in [5.74, 6) is 0.227. The first-order chi connectivity index (χ1) is 17.9. The first kappa shape index (κ1) is 27.0. The van der Waals surface area contributed by atoms with Crippen molar-refractivity contribution < 1.29 is 71.2 Å². The van der Waals surface area contributed by atoms with E-state index in [9.17, 15) is 14.4 Å². The molecule has 15 heteroatoms. The summed E-state index contributed by atoms with van der Waals surface area (Å²) in [6.45, 7) is 4.96. The Bertz CT molecular complexity index is 682. The predicted octanol–water partition coefficient (Wildman–Crippen LogP) is 0.532. The molecule has 0 aromatic carbocycles. The van der Waals surface area contributed by atoms with Gasteiger partial charge in [-0.3, -0.25) is 0 Å². The molecule has 4 atom stereocenters. The van der Waals surface area contributed by atoms with Gasteiger partial charge in [-0.1, -0.05) is 0 Å². The van der Waals surface area contributed by atoms with E-state index in [4.69, 9.17) is 56.8 Å². The summed E-state index contributed by atoms with van der Waals surface area (Å²) in [5.41, 5.74) is -0.868. The molecule has 0 N–H and O–H groups in total. The van der Waals surface area contributed by atoms with Crippen LogP contribution in [0.4, 0.5) is 14.4 Å². The van der Waals surface area contributed by atoms with Crippen LogP contribution in [0.2, 0.25) is 0 Å². The highest BCUT2D eigenvalue weighted by Crippen LogP contribution is 2.24. The van der Waals surface area contributed by atoms with E-state index in [1.807, 2.05) is 0 Å². The SMILES string of the molecule is C=C1OCC(COCC(COCC2COC(=O)O2)(COCC2COC(=O)O2)COCC2COC(=O)O2)O1. The molecule has 0 aromatic heterocycles. The molecule has 4 aliphatic heterocycles.